The van der Waals surface area contributed by atoms with Crippen LogP contribution in [-0.4, -0.2) is 57.6 Å². The number of nitrogens with one attached hydrogen (secondary N) is 1. The molecule has 150 valence electrons. The van der Waals surface area contributed by atoms with E-state index in [0.29, 0.717) is 17.9 Å². The molecule has 1 aromatic rings. The fourth-order valence-corrected chi connectivity index (χ4v) is 3.96. The second-order valence-electron chi connectivity index (χ2n) is 7.03. The molecule has 1 aliphatic rings. The van der Waals surface area contributed by atoms with E-state index in [1.165, 1.54) is 6.26 Å². The van der Waals surface area contributed by atoms with Crippen molar-refractivity contribution in [2.24, 2.45) is 16.6 Å². The summed E-state index contributed by atoms with van der Waals surface area (Å²) in [5, 5.41) is 3.32. The molecule has 0 saturated carbocycles. The molecule has 1 unspecified atom stereocenters. The van der Waals surface area contributed by atoms with Crippen molar-refractivity contribution in [3.8, 4) is 0 Å². The number of hydrogen-bond acceptors (Lipinski definition) is 4. The number of piperidine rings is 1. The molecule has 0 radical (unpaired) electrons. The average molecular weight is 395 g/mol. The zero-order valence-corrected chi connectivity index (χ0v) is 17.0. The lowest BCUT2D eigenvalue weighted by Gasteiger charge is -2.34. The Morgan fingerprint density at radius 1 is 1.33 bits per heavy atom. The van der Waals surface area contributed by atoms with Crippen LogP contribution in [0.3, 0.4) is 0 Å². The van der Waals surface area contributed by atoms with Gasteiger partial charge in [-0.25, -0.2) is 8.42 Å². The van der Waals surface area contributed by atoms with Crippen LogP contribution in [0.5, 0.6) is 0 Å². The number of primary amides is 1. The van der Waals surface area contributed by atoms with Crippen molar-refractivity contribution in [2.45, 2.75) is 37.5 Å². The maximum absolute atomic E-state index is 11.5. The molecule has 7 nitrogen and oxygen atoms in total. The molecule has 1 amide bonds. The summed E-state index contributed by atoms with van der Waals surface area (Å²) < 4.78 is 23.0. The number of aliphatic imine (C=N–C) groups is 1. The van der Waals surface area contributed by atoms with E-state index >= 15 is 0 Å². The smallest absolute Gasteiger partial charge is 0.217 e. The van der Waals surface area contributed by atoms with Gasteiger partial charge in [-0.1, -0.05) is 12.1 Å². The summed E-state index contributed by atoms with van der Waals surface area (Å²) in [5.74, 6) is 0.893. The van der Waals surface area contributed by atoms with Crippen molar-refractivity contribution in [3.63, 3.8) is 0 Å². The Labute approximate surface area is 162 Å². The third-order valence-corrected chi connectivity index (χ3v) is 5.79. The molecule has 1 aromatic carbocycles. The van der Waals surface area contributed by atoms with E-state index < -0.39 is 9.84 Å². The number of carbonyl (C=O) groups excluding carboxylic acids is 1. The number of amides is 1. The van der Waals surface area contributed by atoms with Gasteiger partial charge in [-0.15, -0.1) is 0 Å². The number of likely N-dealkylation sites (tertiary alicyclic amines) is 1. The van der Waals surface area contributed by atoms with Crippen molar-refractivity contribution < 1.29 is 13.2 Å². The van der Waals surface area contributed by atoms with Crippen LogP contribution in [0.4, 0.5) is 0 Å². The third-order valence-electron chi connectivity index (χ3n) is 4.66. The van der Waals surface area contributed by atoms with E-state index in [2.05, 4.69) is 10.2 Å². The first kappa shape index (κ1) is 21.2. The van der Waals surface area contributed by atoms with Crippen LogP contribution >= 0.6 is 0 Å². The molecule has 3 N–H and O–H groups in total. The van der Waals surface area contributed by atoms with Gasteiger partial charge in [0.05, 0.1) is 4.90 Å². The van der Waals surface area contributed by atoms with Gasteiger partial charge in [0.1, 0.15) is 0 Å². The molecule has 1 atom stereocenters. The molecule has 1 heterocycles. The second kappa shape index (κ2) is 9.73. The van der Waals surface area contributed by atoms with E-state index in [-0.39, 0.29) is 11.8 Å². The van der Waals surface area contributed by atoms with E-state index in [9.17, 15) is 13.2 Å². The first-order valence-electron chi connectivity index (χ1n) is 9.40. The van der Waals surface area contributed by atoms with Crippen molar-refractivity contribution >= 4 is 21.7 Å². The number of benzene rings is 1. The van der Waals surface area contributed by atoms with Crippen LogP contribution in [0, 0.1) is 5.92 Å². The number of guanidine groups is 1. The van der Waals surface area contributed by atoms with Crippen molar-refractivity contribution in [1.29, 1.82) is 0 Å². The molecular formula is C19H30N4O3S. The van der Waals surface area contributed by atoms with Gasteiger partial charge in [0, 0.05) is 38.9 Å². The average Bonchev–Trinajstić information content (AvgIpc) is 2.60. The van der Waals surface area contributed by atoms with Gasteiger partial charge in [-0.3, -0.25) is 9.79 Å². The lowest BCUT2D eigenvalue weighted by molar-refractivity contribution is -0.119. The van der Waals surface area contributed by atoms with E-state index in [1.807, 2.05) is 19.1 Å². The SMILES string of the molecule is CCNC(=NCCc1ccc(S(C)(=O)=O)cc1)N1CCCC(CC(N)=O)C1. The summed E-state index contributed by atoms with van der Waals surface area (Å²) in [6.45, 7) is 5.13. The first-order chi connectivity index (χ1) is 12.8. The van der Waals surface area contributed by atoms with E-state index in [4.69, 9.17) is 10.7 Å². The van der Waals surface area contributed by atoms with Crippen LogP contribution in [0.15, 0.2) is 34.2 Å². The maximum Gasteiger partial charge on any atom is 0.217 e. The number of rotatable bonds is 7. The summed E-state index contributed by atoms with van der Waals surface area (Å²) in [7, 11) is -3.17. The zero-order chi connectivity index (χ0) is 19.9. The molecule has 1 saturated heterocycles. The Kier molecular flexibility index (Phi) is 7.65. The van der Waals surface area contributed by atoms with Gasteiger partial charge < -0.3 is 16.0 Å². The summed E-state index contributed by atoms with van der Waals surface area (Å²) in [4.78, 5) is 18.5. The molecule has 27 heavy (non-hydrogen) atoms. The fraction of sp³-hybridized carbons (Fsp3) is 0.579. The maximum atomic E-state index is 11.5. The number of carbonyl (C=O) groups is 1. The normalized spacial score (nSPS) is 18.4. The highest BCUT2D eigenvalue weighted by molar-refractivity contribution is 7.90. The molecular weight excluding hydrogens is 364 g/mol. The quantitative estimate of drug-likeness (QED) is 0.534. The summed E-state index contributed by atoms with van der Waals surface area (Å²) in [5.41, 5.74) is 6.39. The first-order valence-corrected chi connectivity index (χ1v) is 11.3. The van der Waals surface area contributed by atoms with Gasteiger partial charge >= 0.3 is 0 Å². The predicted octanol–water partition coefficient (Wildman–Crippen LogP) is 1.19. The van der Waals surface area contributed by atoms with E-state index in [1.54, 1.807) is 12.1 Å². The van der Waals surface area contributed by atoms with Crippen molar-refractivity contribution in [3.05, 3.63) is 29.8 Å². The minimum atomic E-state index is -3.17. The lowest BCUT2D eigenvalue weighted by atomic mass is 9.95. The second-order valence-corrected chi connectivity index (χ2v) is 9.04. The Morgan fingerprint density at radius 3 is 2.63 bits per heavy atom. The molecule has 0 aliphatic carbocycles. The van der Waals surface area contributed by atoms with Crippen LogP contribution in [0.2, 0.25) is 0 Å². The Hall–Kier alpha value is -2.09. The van der Waals surface area contributed by atoms with Gasteiger partial charge in [0.15, 0.2) is 15.8 Å². The minimum Gasteiger partial charge on any atom is -0.370 e. The van der Waals surface area contributed by atoms with Gasteiger partial charge in [-0.05, 0) is 49.8 Å². The monoisotopic (exact) mass is 394 g/mol. The predicted molar refractivity (Wildman–Crippen MR) is 107 cm³/mol. The number of sulfone groups is 1. The zero-order valence-electron chi connectivity index (χ0n) is 16.1. The van der Waals surface area contributed by atoms with Gasteiger partial charge in [0.25, 0.3) is 0 Å². The topological polar surface area (TPSA) is 105 Å². The molecule has 0 aromatic heterocycles. The van der Waals surface area contributed by atoms with Crippen LogP contribution < -0.4 is 11.1 Å². The summed E-state index contributed by atoms with van der Waals surface area (Å²) in [6.07, 6.45) is 4.40. The minimum absolute atomic E-state index is 0.249. The van der Waals surface area contributed by atoms with Gasteiger partial charge in [-0.2, -0.15) is 0 Å². The number of nitrogens with zero attached hydrogens (tertiary/aromatic N) is 2. The molecule has 8 heteroatoms. The highest BCUT2D eigenvalue weighted by Crippen LogP contribution is 2.19. The lowest BCUT2D eigenvalue weighted by Crippen LogP contribution is -2.47. The highest BCUT2D eigenvalue weighted by Gasteiger charge is 2.23. The molecule has 2 rings (SSSR count). The largest absolute Gasteiger partial charge is 0.370 e. The number of hydrogen-bond donors (Lipinski definition) is 2. The number of nitrogens with two attached hydrogens (primary N) is 1. The van der Waals surface area contributed by atoms with Crippen molar-refractivity contribution in [1.82, 2.24) is 10.2 Å². The Balaban J connectivity index is 1.97. The molecule has 0 spiro atoms. The van der Waals surface area contributed by atoms with E-state index in [0.717, 1.165) is 50.4 Å². The van der Waals surface area contributed by atoms with Crippen LogP contribution in [-0.2, 0) is 21.1 Å². The standard InChI is InChI=1S/C19H30N4O3S/c1-3-21-19(23-12-4-5-16(14-23)13-18(20)24)22-11-10-15-6-8-17(9-7-15)27(2,25)26/h6-9,16H,3-5,10-14H2,1-2H3,(H2,20,24)(H,21,22). The Bertz CT molecular complexity index is 760. The summed E-state index contributed by atoms with van der Waals surface area (Å²) in [6, 6.07) is 6.95. The van der Waals surface area contributed by atoms with Crippen LogP contribution in [0.25, 0.3) is 0 Å². The fourth-order valence-electron chi connectivity index (χ4n) is 3.33. The summed E-state index contributed by atoms with van der Waals surface area (Å²) >= 11 is 0. The third kappa shape index (κ3) is 6.86. The molecule has 0 bridgehead atoms. The molecule has 1 fully saturated rings. The molecule has 1 aliphatic heterocycles. The highest BCUT2D eigenvalue weighted by atomic mass is 32.2. The Morgan fingerprint density at radius 2 is 2.04 bits per heavy atom. The van der Waals surface area contributed by atoms with Crippen molar-refractivity contribution in [2.75, 3.05) is 32.4 Å². The van der Waals surface area contributed by atoms with Crippen LogP contribution in [0.1, 0.15) is 31.7 Å². The van der Waals surface area contributed by atoms with Gasteiger partial charge in [0.2, 0.25) is 5.91 Å².